The molecule has 0 radical (unpaired) electrons. The van der Waals surface area contributed by atoms with E-state index in [1.165, 1.54) is 6.92 Å². The molecule has 1 aromatic rings. The third kappa shape index (κ3) is 4.75. The molecule has 0 unspecified atom stereocenters. The summed E-state index contributed by atoms with van der Waals surface area (Å²) >= 11 is 0. The lowest BCUT2D eigenvalue weighted by Crippen LogP contribution is -2.21. The summed E-state index contributed by atoms with van der Waals surface area (Å²) in [5.74, 6) is -0.0632. The predicted molar refractivity (Wildman–Crippen MR) is 69.1 cm³/mol. The van der Waals surface area contributed by atoms with Gasteiger partial charge in [-0.3, -0.25) is 0 Å². The van der Waals surface area contributed by atoms with Crippen molar-refractivity contribution >= 4 is 5.97 Å². The Kier molecular flexibility index (Phi) is 5.65. The molecule has 18 heavy (non-hydrogen) atoms. The van der Waals surface area contributed by atoms with Crippen LogP contribution in [-0.2, 0) is 9.53 Å². The van der Waals surface area contributed by atoms with Crippen LogP contribution in [0.25, 0.3) is 0 Å². The van der Waals surface area contributed by atoms with Crippen molar-refractivity contribution in [3.63, 3.8) is 0 Å². The zero-order valence-electron chi connectivity index (χ0n) is 11.1. The second-order valence-electron chi connectivity index (χ2n) is 4.32. The number of hydrogen-bond donors (Lipinski definition) is 1. The fourth-order valence-electron chi connectivity index (χ4n) is 1.44. The van der Waals surface area contributed by atoms with E-state index in [1.807, 2.05) is 32.0 Å². The maximum absolute atomic E-state index is 10.5. The van der Waals surface area contributed by atoms with Crippen LogP contribution in [0.5, 0.6) is 5.75 Å². The van der Waals surface area contributed by atoms with E-state index in [4.69, 9.17) is 14.6 Å². The Balaban J connectivity index is 2.26. The van der Waals surface area contributed by atoms with Crippen molar-refractivity contribution in [2.75, 3.05) is 13.2 Å². The van der Waals surface area contributed by atoms with E-state index in [1.54, 1.807) is 0 Å². The number of aliphatic carboxylic acids is 1. The maximum Gasteiger partial charge on any atom is 0.332 e. The molecule has 0 amide bonds. The zero-order chi connectivity index (χ0) is 13.5. The van der Waals surface area contributed by atoms with E-state index in [2.05, 4.69) is 0 Å². The highest BCUT2D eigenvalue weighted by molar-refractivity contribution is 5.71. The lowest BCUT2D eigenvalue weighted by Gasteiger charge is -2.11. The third-order valence-corrected chi connectivity index (χ3v) is 2.61. The zero-order valence-corrected chi connectivity index (χ0v) is 11.1. The molecule has 1 N–H and O–H groups in total. The van der Waals surface area contributed by atoms with Gasteiger partial charge in [0.15, 0.2) is 6.10 Å². The molecule has 4 heteroatoms. The van der Waals surface area contributed by atoms with Crippen LogP contribution in [0.1, 0.15) is 24.5 Å². The molecule has 0 aliphatic carbocycles. The first-order valence-corrected chi connectivity index (χ1v) is 6.05. The van der Waals surface area contributed by atoms with Crippen molar-refractivity contribution in [2.45, 2.75) is 33.3 Å². The van der Waals surface area contributed by atoms with Gasteiger partial charge in [-0.05, 0) is 38.0 Å². The number of aryl methyl sites for hydroxylation is 2. The minimum atomic E-state index is -0.939. The van der Waals surface area contributed by atoms with Crippen LogP contribution >= 0.6 is 0 Å². The second kappa shape index (κ2) is 7.01. The smallest absolute Gasteiger partial charge is 0.332 e. The Morgan fingerprint density at radius 2 is 2.06 bits per heavy atom. The average molecular weight is 252 g/mol. The molecular weight excluding hydrogens is 232 g/mol. The highest BCUT2D eigenvalue weighted by atomic mass is 16.5. The molecule has 1 aromatic carbocycles. The summed E-state index contributed by atoms with van der Waals surface area (Å²) in [6.45, 7) is 6.45. The fourth-order valence-corrected chi connectivity index (χ4v) is 1.44. The topological polar surface area (TPSA) is 55.8 Å². The van der Waals surface area contributed by atoms with Crippen LogP contribution in [0, 0.1) is 13.8 Å². The van der Waals surface area contributed by atoms with E-state index in [9.17, 15) is 4.79 Å². The Morgan fingerprint density at radius 3 is 2.72 bits per heavy atom. The van der Waals surface area contributed by atoms with Crippen molar-refractivity contribution in [2.24, 2.45) is 0 Å². The minimum absolute atomic E-state index is 0.387. The molecule has 0 aliphatic heterocycles. The highest BCUT2D eigenvalue weighted by Gasteiger charge is 2.10. The fraction of sp³-hybridized carbons (Fsp3) is 0.500. The van der Waals surface area contributed by atoms with Crippen molar-refractivity contribution in [3.05, 3.63) is 29.3 Å². The largest absolute Gasteiger partial charge is 0.493 e. The van der Waals surface area contributed by atoms with Crippen LogP contribution in [0.4, 0.5) is 0 Å². The van der Waals surface area contributed by atoms with Gasteiger partial charge < -0.3 is 14.6 Å². The summed E-state index contributed by atoms with van der Waals surface area (Å²) in [5, 5.41) is 8.63. The van der Waals surface area contributed by atoms with E-state index in [0.29, 0.717) is 19.6 Å². The molecule has 1 rings (SSSR count). The number of ether oxygens (including phenoxy) is 2. The molecule has 1 atom stereocenters. The van der Waals surface area contributed by atoms with Crippen LogP contribution in [0.3, 0.4) is 0 Å². The van der Waals surface area contributed by atoms with E-state index < -0.39 is 12.1 Å². The maximum atomic E-state index is 10.5. The van der Waals surface area contributed by atoms with Crippen LogP contribution in [0.2, 0.25) is 0 Å². The van der Waals surface area contributed by atoms with E-state index in [-0.39, 0.29) is 0 Å². The molecule has 0 saturated heterocycles. The minimum Gasteiger partial charge on any atom is -0.493 e. The van der Waals surface area contributed by atoms with Gasteiger partial charge in [0.1, 0.15) is 5.75 Å². The molecule has 0 spiro atoms. The van der Waals surface area contributed by atoms with E-state index in [0.717, 1.165) is 16.9 Å². The van der Waals surface area contributed by atoms with Crippen molar-refractivity contribution in [1.29, 1.82) is 0 Å². The van der Waals surface area contributed by atoms with Crippen molar-refractivity contribution in [3.8, 4) is 5.75 Å². The Labute approximate surface area is 108 Å². The number of carboxylic acids is 1. The monoisotopic (exact) mass is 252 g/mol. The summed E-state index contributed by atoms with van der Waals surface area (Å²) in [6, 6.07) is 6.06. The number of carbonyl (C=O) groups is 1. The predicted octanol–water partition coefficient (Wildman–Crippen LogP) is 2.56. The normalized spacial score (nSPS) is 12.2. The molecule has 0 aliphatic rings. The molecule has 0 saturated carbocycles. The van der Waals surface area contributed by atoms with Gasteiger partial charge in [-0.15, -0.1) is 0 Å². The average Bonchev–Trinajstić information content (AvgIpc) is 2.32. The molecule has 0 bridgehead atoms. The first-order chi connectivity index (χ1) is 8.50. The van der Waals surface area contributed by atoms with Crippen molar-refractivity contribution in [1.82, 2.24) is 0 Å². The lowest BCUT2D eigenvalue weighted by atomic mass is 10.1. The Morgan fingerprint density at radius 1 is 1.33 bits per heavy atom. The van der Waals surface area contributed by atoms with Gasteiger partial charge in [-0.25, -0.2) is 4.79 Å². The van der Waals surface area contributed by atoms with Gasteiger partial charge in [0, 0.05) is 6.42 Å². The number of benzene rings is 1. The number of carboxylic acid groups (broad SMARTS) is 1. The molecule has 4 nitrogen and oxygen atoms in total. The first kappa shape index (κ1) is 14.5. The van der Waals surface area contributed by atoms with Gasteiger partial charge in [-0.1, -0.05) is 12.1 Å². The summed E-state index contributed by atoms with van der Waals surface area (Å²) in [6.07, 6.45) is -0.0870. The van der Waals surface area contributed by atoms with Gasteiger partial charge in [-0.2, -0.15) is 0 Å². The van der Waals surface area contributed by atoms with Crippen LogP contribution in [-0.4, -0.2) is 30.4 Å². The summed E-state index contributed by atoms with van der Waals surface area (Å²) in [5.41, 5.74) is 2.26. The quantitative estimate of drug-likeness (QED) is 0.758. The molecule has 0 aromatic heterocycles. The van der Waals surface area contributed by atoms with Gasteiger partial charge in [0.25, 0.3) is 0 Å². The summed E-state index contributed by atoms with van der Waals surface area (Å²) in [7, 11) is 0. The SMILES string of the molecule is Cc1ccc(C)c(OCCCO[C@@H](C)C(=O)O)c1. The third-order valence-electron chi connectivity index (χ3n) is 2.61. The second-order valence-corrected chi connectivity index (χ2v) is 4.32. The molecule has 0 fully saturated rings. The lowest BCUT2D eigenvalue weighted by molar-refractivity contribution is -0.149. The standard InChI is InChI=1S/C14H20O4/c1-10-5-6-11(2)13(9-10)18-8-4-7-17-12(3)14(15)16/h5-6,9,12H,4,7-8H2,1-3H3,(H,15,16)/t12-/m0/s1. The van der Waals surface area contributed by atoms with Gasteiger partial charge >= 0.3 is 5.97 Å². The van der Waals surface area contributed by atoms with E-state index >= 15 is 0 Å². The molecular formula is C14H20O4. The van der Waals surface area contributed by atoms with Gasteiger partial charge in [0.2, 0.25) is 0 Å². The number of hydrogen-bond acceptors (Lipinski definition) is 3. The summed E-state index contributed by atoms with van der Waals surface area (Å²) < 4.78 is 10.7. The molecule has 100 valence electrons. The highest BCUT2D eigenvalue weighted by Crippen LogP contribution is 2.19. The Hall–Kier alpha value is -1.55. The summed E-state index contributed by atoms with van der Waals surface area (Å²) in [4.78, 5) is 10.5. The Bertz CT molecular complexity index is 401. The van der Waals surface area contributed by atoms with Crippen molar-refractivity contribution < 1.29 is 19.4 Å². The van der Waals surface area contributed by atoms with Crippen LogP contribution < -0.4 is 4.74 Å². The van der Waals surface area contributed by atoms with Gasteiger partial charge in [0.05, 0.1) is 13.2 Å². The first-order valence-electron chi connectivity index (χ1n) is 6.05. The number of rotatable bonds is 7. The molecule has 0 heterocycles. The van der Waals surface area contributed by atoms with Crippen LogP contribution in [0.15, 0.2) is 18.2 Å².